The van der Waals surface area contributed by atoms with Crippen LogP contribution < -0.4 is 11.1 Å². The van der Waals surface area contributed by atoms with Crippen LogP contribution in [0.3, 0.4) is 0 Å². The molecule has 2 N–H and O–H groups in total. The van der Waals surface area contributed by atoms with Crippen LogP contribution in [0.1, 0.15) is 16.1 Å². The van der Waals surface area contributed by atoms with Crippen LogP contribution in [0.25, 0.3) is 17.0 Å². The summed E-state index contributed by atoms with van der Waals surface area (Å²) in [5.74, 6) is 0.184. The van der Waals surface area contributed by atoms with Crippen LogP contribution in [0.5, 0.6) is 0 Å². The summed E-state index contributed by atoms with van der Waals surface area (Å²) >= 11 is 1.66. The lowest BCUT2D eigenvalue weighted by Crippen LogP contribution is -2.11. The second kappa shape index (κ2) is 8.56. The smallest absolute Gasteiger partial charge is 0.322 e. The molecule has 8 nitrogen and oxygen atoms in total. The fourth-order valence-electron chi connectivity index (χ4n) is 3.22. The molecule has 0 spiro atoms. The Labute approximate surface area is 186 Å². The Morgan fingerprint density at radius 2 is 1.97 bits per heavy atom. The molecule has 2 aromatic carbocycles. The summed E-state index contributed by atoms with van der Waals surface area (Å²) in [4.78, 5) is 31.9. The van der Waals surface area contributed by atoms with E-state index < -0.39 is 5.76 Å². The van der Waals surface area contributed by atoms with Crippen LogP contribution >= 0.6 is 11.8 Å². The molecule has 5 rings (SSSR count). The Hall–Kier alpha value is -4.11. The Morgan fingerprint density at radius 3 is 2.75 bits per heavy atom. The maximum Gasteiger partial charge on any atom is 0.439 e. The topological polar surface area (TPSA) is 105 Å². The van der Waals surface area contributed by atoms with E-state index in [0.717, 1.165) is 22.0 Å². The van der Waals surface area contributed by atoms with Crippen molar-refractivity contribution in [3.05, 3.63) is 101 Å². The van der Waals surface area contributed by atoms with Gasteiger partial charge in [-0.3, -0.25) is 14.3 Å². The summed E-state index contributed by atoms with van der Waals surface area (Å²) in [6, 6.07) is 20.3. The van der Waals surface area contributed by atoms with Crippen molar-refractivity contribution in [3.63, 3.8) is 0 Å². The number of nitrogens with zero attached hydrogens (tertiary/aromatic N) is 3. The average Bonchev–Trinajstić information content (AvgIpc) is 3.44. The van der Waals surface area contributed by atoms with E-state index in [4.69, 9.17) is 0 Å². The molecule has 0 saturated carbocycles. The number of pyridine rings is 1. The second-order valence-electron chi connectivity index (χ2n) is 6.99. The number of nitrogens with one attached hydrogen (secondary N) is 2. The van der Waals surface area contributed by atoms with Gasteiger partial charge in [-0.1, -0.05) is 23.4 Å². The molecule has 0 atom stereocenters. The first-order valence-electron chi connectivity index (χ1n) is 9.77. The zero-order valence-corrected chi connectivity index (χ0v) is 17.5. The molecule has 0 saturated heterocycles. The van der Waals surface area contributed by atoms with E-state index in [2.05, 4.69) is 25.0 Å². The average molecular weight is 443 g/mol. The van der Waals surface area contributed by atoms with Gasteiger partial charge in [0.05, 0.1) is 5.69 Å². The van der Waals surface area contributed by atoms with E-state index in [1.807, 2.05) is 47.1 Å². The number of fused-ring (bicyclic) bond motifs is 1. The van der Waals surface area contributed by atoms with Crippen molar-refractivity contribution in [1.29, 1.82) is 0 Å². The van der Waals surface area contributed by atoms with Crippen molar-refractivity contribution in [3.8, 4) is 11.4 Å². The number of hydrogen-bond donors (Lipinski definition) is 2. The summed E-state index contributed by atoms with van der Waals surface area (Å²) in [6.45, 7) is 0. The third kappa shape index (κ3) is 4.33. The number of imidazole rings is 1. The zero-order chi connectivity index (χ0) is 21.9. The van der Waals surface area contributed by atoms with E-state index in [0.29, 0.717) is 22.6 Å². The lowest BCUT2D eigenvalue weighted by Gasteiger charge is -2.07. The van der Waals surface area contributed by atoms with Gasteiger partial charge in [0.1, 0.15) is 5.65 Å². The largest absolute Gasteiger partial charge is 0.439 e. The highest BCUT2D eigenvalue weighted by Crippen LogP contribution is 2.24. The Balaban J connectivity index is 1.23. The van der Waals surface area contributed by atoms with Gasteiger partial charge >= 0.3 is 5.76 Å². The first kappa shape index (κ1) is 19.8. The highest BCUT2D eigenvalue weighted by molar-refractivity contribution is 7.98. The predicted octanol–water partition coefficient (Wildman–Crippen LogP) is 4.22. The molecule has 32 heavy (non-hydrogen) atoms. The van der Waals surface area contributed by atoms with Crippen molar-refractivity contribution in [2.45, 2.75) is 10.6 Å². The van der Waals surface area contributed by atoms with Gasteiger partial charge in [-0.25, -0.2) is 9.78 Å². The van der Waals surface area contributed by atoms with Crippen molar-refractivity contribution in [1.82, 2.24) is 19.5 Å². The molecule has 0 unspecified atom stereocenters. The van der Waals surface area contributed by atoms with Crippen molar-refractivity contribution in [2.75, 3.05) is 5.32 Å². The van der Waals surface area contributed by atoms with Crippen LogP contribution in [-0.2, 0) is 5.75 Å². The van der Waals surface area contributed by atoms with Crippen LogP contribution in [0.4, 0.5) is 5.69 Å². The molecule has 0 fully saturated rings. The maximum atomic E-state index is 12.6. The van der Waals surface area contributed by atoms with Gasteiger partial charge in [-0.2, -0.15) is 0 Å². The first-order valence-corrected chi connectivity index (χ1v) is 10.8. The van der Waals surface area contributed by atoms with Gasteiger partial charge in [0, 0.05) is 39.9 Å². The van der Waals surface area contributed by atoms with Crippen LogP contribution in [-0.4, -0.2) is 25.4 Å². The minimum Gasteiger partial charge on any atom is -0.322 e. The summed E-state index contributed by atoms with van der Waals surface area (Å²) in [7, 11) is 0. The van der Waals surface area contributed by atoms with Gasteiger partial charge in [0.25, 0.3) is 5.91 Å². The molecule has 0 bridgehead atoms. The Kier molecular flexibility index (Phi) is 5.30. The lowest BCUT2D eigenvalue weighted by molar-refractivity contribution is 0.102. The molecule has 158 valence electrons. The molecule has 0 aliphatic heterocycles. The SMILES string of the molecule is O=C(Nc1cccc(-c2noc(=O)[nH]2)c1)c1ccc(SCc2cn3ccccc3n2)cc1. The number of anilines is 1. The fourth-order valence-corrected chi connectivity index (χ4v) is 4.00. The number of hydrogen-bond acceptors (Lipinski definition) is 6. The van der Waals surface area contributed by atoms with Crippen molar-refractivity contribution < 1.29 is 9.32 Å². The van der Waals surface area contributed by atoms with Gasteiger partial charge in [-0.15, -0.1) is 11.8 Å². The molecule has 0 aliphatic rings. The lowest BCUT2D eigenvalue weighted by atomic mass is 10.1. The number of aromatic nitrogens is 4. The number of benzene rings is 2. The number of aromatic amines is 1. The minimum atomic E-state index is -0.631. The molecule has 1 amide bonds. The standard InChI is InChI=1S/C23H17N5O3S/c29-22(25-17-5-3-4-16(12-17)21-26-23(30)31-27-21)15-7-9-19(10-8-15)32-14-18-13-28-11-2-1-6-20(28)24-18/h1-13H,14H2,(H,25,29)(H,26,27,30). The van der Waals surface area contributed by atoms with Gasteiger partial charge in [0.2, 0.25) is 0 Å². The van der Waals surface area contributed by atoms with Crippen molar-refractivity contribution in [2.24, 2.45) is 0 Å². The summed E-state index contributed by atoms with van der Waals surface area (Å²) in [6.07, 6.45) is 4.00. The van der Waals surface area contributed by atoms with Crippen LogP contribution in [0.2, 0.25) is 0 Å². The predicted molar refractivity (Wildman–Crippen MR) is 122 cm³/mol. The monoisotopic (exact) mass is 443 g/mol. The van der Waals surface area contributed by atoms with Gasteiger partial charge < -0.3 is 9.72 Å². The van der Waals surface area contributed by atoms with E-state index in [1.165, 1.54) is 0 Å². The third-order valence-corrected chi connectivity index (χ3v) is 5.80. The van der Waals surface area contributed by atoms with Gasteiger partial charge in [0.15, 0.2) is 5.82 Å². The van der Waals surface area contributed by atoms with Crippen LogP contribution in [0.15, 0.2) is 93.3 Å². The number of amides is 1. The molecule has 3 heterocycles. The normalized spacial score (nSPS) is 11.0. The molecule has 0 radical (unpaired) electrons. The molecule has 0 aliphatic carbocycles. The minimum absolute atomic E-state index is 0.229. The van der Waals surface area contributed by atoms with Crippen molar-refractivity contribution >= 4 is 29.0 Å². The number of carbonyl (C=O) groups is 1. The summed E-state index contributed by atoms with van der Waals surface area (Å²) in [5, 5.41) is 6.52. The van der Waals surface area contributed by atoms with Crippen LogP contribution in [0, 0.1) is 0 Å². The first-order chi connectivity index (χ1) is 15.6. The van der Waals surface area contributed by atoms with E-state index in [1.54, 1.807) is 48.2 Å². The molecule has 5 aromatic rings. The molecule has 3 aromatic heterocycles. The molecular weight excluding hydrogens is 426 g/mol. The molecule has 9 heteroatoms. The highest BCUT2D eigenvalue weighted by atomic mass is 32.2. The number of thioether (sulfide) groups is 1. The number of rotatable bonds is 6. The zero-order valence-electron chi connectivity index (χ0n) is 16.7. The Bertz CT molecular complexity index is 1420. The summed E-state index contributed by atoms with van der Waals surface area (Å²) < 4.78 is 6.53. The van der Waals surface area contributed by atoms with Gasteiger partial charge in [-0.05, 0) is 48.5 Å². The highest BCUT2D eigenvalue weighted by Gasteiger charge is 2.09. The van der Waals surface area contributed by atoms with E-state index >= 15 is 0 Å². The van der Waals surface area contributed by atoms with E-state index in [9.17, 15) is 9.59 Å². The number of H-pyrrole nitrogens is 1. The second-order valence-corrected chi connectivity index (χ2v) is 8.04. The Morgan fingerprint density at radius 1 is 1.09 bits per heavy atom. The van der Waals surface area contributed by atoms with E-state index in [-0.39, 0.29) is 5.91 Å². The fraction of sp³-hybridized carbons (Fsp3) is 0.0435. The summed E-state index contributed by atoms with van der Waals surface area (Å²) in [5.41, 5.74) is 3.68. The quantitative estimate of drug-likeness (QED) is 0.381. The third-order valence-electron chi connectivity index (χ3n) is 4.75. The number of carbonyl (C=O) groups excluding carboxylic acids is 1. The maximum absolute atomic E-state index is 12.6. The molecular formula is C23H17N5O3S.